The van der Waals surface area contributed by atoms with E-state index in [0.717, 1.165) is 17.9 Å². The first kappa shape index (κ1) is 17.2. The number of nitrogens with zero attached hydrogens (tertiary/aromatic N) is 2. The highest BCUT2D eigenvalue weighted by atomic mass is 16.5. The number of methoxy groups -OCH3 is 1. The first-order valence-electron chi connectivity index (χ1n) is 9.00. The molecular weight excluding hydrogens is 304 g/mol. The Bertz CT molecular complexity index is 556. The van der Waals surface area contributed by atoms with Gasteiger partial charge in [-0.25, -0.2) is 0 Å². The van der Waals surface area contributed by atoms with Crippen molar-refractivity contribution in [3.8, 4) is 5.75 Å². The standard InChI is InChI=1S/C19H28N2O3/c1-23-11-7-19(22)21-10-12-24-18-6-5-16(13-17(18)15-21)14-20-8-3-2-4-9-20/h5-6,13H,2-4,7-12,14-15H2,1H3. The molecule has 2 aliphatic rings. The zero-order valence-electron chi connectivity index (χ0n) is 14.6. The Morgan fingerprint density at radius 3 is 2.83 bits per heavy atom. The smallest absolute Gasteiger partial charge is 0.225 e. The van der Waals surface area contributed by atoms with E-state index >= 15 is 0 Å². The summed E-state index contributed by atoms with van der Waals surface area (Å²) < 4.78 is 10.9. The van der Waals surface area contributed by atoms with Gasteiger partial charge in [0.2, 0.25) is 5.91 Å². The zero-order valence-corrected chi connectivity index (χ0v) is 14.6. The summed E-state index contributed by atoms with van der Waals surface area (Å²) in [6, 6.07) is 6.44. The minimum Gasteiger partial charge on any atom is -0.491 e. The van der Waals surface area contributed by atoms with Crippen molar-refractivity contribution < 1.29 is 14.3 Å². The lowest BCUT2D eigenvalue weighted by Crippen LogP contribution is -2.33. The Hall–Kier alpha value is -1.59. The molecule has 132 valence electrons. The molecule has 24 heavy (non-hydrogen) atoms. The van der Waals surface area contributed by atoms with E-state index < -0.39 is 0 Å². The highest BCUT2D eigenvalue weighted by Crippen LogP contribution is 2.26. The van der Waals surface area contributed by atoms with E-state index in [4.69, 9.17) is 9.47 Å². The van der Waals surface area contributed by atoms with Gasteiger partial charge in [0.15, 0.2) is 0 Å². The zero-order chi connectivity index (χ0) is 16.8. The predicted octanol–water partition coefficient (Wildman–Crippen LogP) is 2.43. The van der Waals surface area contributed by atoms with Crippen LogP contribution in [0.1, 0.15) is 36.8 Å². The summed E-state index contributed by atoms with van der Waals surface area (Å²) in [6.45, 7) is 5.66. The molecule has 2 aliphatic heterocycles. The molecule has 0 bridgehead atoms. The third-order valence-corrected chi connectivity index (χ3v) is 4.83. The van der Waals surface area contributed by atoms with Crippen LogP contribution in [0.15, 0.2) is 18.2 Å². The SMILES string of the molecule is COCCC(=O)N1CCOc2ccc(CN3CCCCC3)cc2C1. The molecule has 0 unspecified atom stereocenters. The molecular formula is C19H28N2O3. The van der Waals surface area contributed by atoms with E-state index in [0.29, 0.717) is 32.7 Å². The summed E-state index contributed by atoms with van der Waals surface area (Å²) >= 11 is 0. The highest BCUT2D eigenvalue weighted by Gasteiger charge is 2.20. The van der Waals surface area contributed by atoms with Crippen LogP contribution >= 0.6 is 0 Å². The molecule has 0 aliphatic carbocycles. The fourth-order valence-corrected chi connectivity index (χ4v) is 3.48. The van der Waals surface area contributed by atoms with Crippen LogP contribution < -0.4 is 4.74 Å². The Kier molecular flexibility index (Phi) is 6.10. The fourth-order valence-electron chi connectivity index (χ4n) is 3.48. The van der Waals surface area contributed by atoms with Gasteiger partial charge in [0.1, 0.15) is 12.4 Å². The van der Waals surface area contributed by atoms with Gasteiger partial charge in [-0.3, -0.25) is 9.69 Å². The van der Waals surface area contributed by atoms with Gasteiger partial charge < -0.3 is 14.4 Å². The maximum absolute atomic E-state index is 12.3. The average molecular weight is 332 g/mol. The molecule has 2 heterocycles. The lowest BCUT2D eigenvalue weighted by atomic mass is 10.1. The number of benzene rings is 1. The van der Waals surface area contributed by atoms with Gasteiger partial charge in [0, 0.05) is 25.8 Å². The van der Waals surface area contributed by atoms with E-state index in [-0.39, 0.29) is 5.91 Å². The molecule has 0 spiro atoms. The van der Waals surface area contributed by atoms with Gasteiger partial charge in [0.05, 0.1) is 19.6 Å². The average Bonchev–Trinajstić information content (AvgIpc) is 2.82. The first-order valence-corrected chi connectivity index (χ1v) is 9.00. The minimum atomic E-state index is 0.134. The number of hydrogen-bond donors (Lipinski definition) is 0. The Morgan fingerprint density at radius 2 is 2.04 bits per heavy atom. The van der Waals surface area contributed by atoms with Crippen LogP contribution in [0.2, 0.25) is 0 Å². The van der Waals surface area contributed by atoms with Crippen LogP contribution in [0.25, 0.3) is 0 Å². The van der Waals surface area contributed by atoms with E-state index in [1.54, 1.807) is 7.11 Å². The van der Waals surface area contributed by atoms with Gasteiger partial charge >= 0.3 is 0 Å². The van der Waals surface area contributed by atoms with Crippen molar-refractivity contribution >= 4 is 5.91 Å². The topological polar surface area (TPSA) is 42.0 Å². The normalized spacial score (nSPS) is 18.6. The van der Waals surface area contributed by atoms with E-state index in [1.165, 1.54) is 37.9 Å². The van der Waals surface area contributed by atoms with Crippen LogP contribution in [-0.2, 0) is 22.6 Å². The summed E-state index contributed by atoms with van der Waals surface area (Å²) in [5.41, 5.74) is 2.43. The molecule has 3 rings (SSSR count). The molecule has 1 aromatic carbocycles. The Morgan fingerprint density at radius 1 is 1.21 bits per heavy atom. The number of amides is 1. The van der Waals surface area contributed by atoms with E-state index in [9.17, 15) is 4.79 Å². The number of likely N-dealkylation sites (tertiary alicyclic amines) is 1. The second-order valence-corrected chi connectivity index (χ2v) is 6.69. The third kappa shape index (κ3) is 4.48. The number of rotatable bonds is 5. The number of carbonyl (C=O) groups excluding carboxylic acids is 1. The minimum absolute atomic E-state index is 0.134. The van der Waals surface area contributed by atoms with Crippen LogP contribution in [0.3, 0.4) is 0 Å². The van der Waals surface area contributed by atoms with Crippen molar-refractivity contribution in [2.75, 3.05) is 40.0 Å². The fraction of sp³-hybridized carbons (Fsp3) is 0.632. The second kappa shape index (κ2) is 8.49. The molecule has 1 aromatic rings. The number of carbonyl (C=O) groups is 1. The predicted molar refractivity (Wildman–Crippen MR) is 93.0 cm³/mol. The maximum Gasteiger partial charge on any atom is 0.225 e. The van der Waals surface area contributed by atoms with Crippen molar-refractivity contribution in [2.45, 2.75) is 38.8 Å². The van der Waals surface area contributed by atoms with Crippen LogP contribution in [-0.4, -0.2) is 55.7 Å². The largest absolute Gasteiger partial charge is 0.491 e. The van der Waals surface area contributed by atoms with Crippen molar-refractivity contribution in [1.82, 2.24) is 9.80 Å². The molecule has 0 saturated carbocycles. The van der Waals surface area contributed by atoms with Gasteiger partial charge in [-0.05, 0) is 43.6 Å². The van der Waals surface area contributed by atoms with Gasteiger partial charge in [-0.15, -0.1) is 0 Å². The molecule has 1 amide bonds. The van der Waals surface area contributed by atoms with Crippen molar-refractivity contribution in [3.63, 3.8) is 0 Å². The summed E-state index contributed by atoms with van der Waals surface area (Å²) in [5.74, 6) is 1.05. The Balaban J connectivity index is 1.67. The van der Waals surface area contributed by atoms with Crippen LogP contribution in [0.4, 0.5) is 0 Å². The molecule has 0 atom stereocenters. The lowest BCUT2D eigenvalue weighted by molar-refractivity contribution is -0.132. The summed E-state index contributed by atoms with van der Waals surface area (Å²) in [7, 11) is 1.63. The van der Waals surface area contributed by atoms with Crippen molar-refractivity contribution in [2.24, 2.45) is 0 Å². The highest BCUT2D eigenvalue weighted by molar-refractivity contribution is 5.76. The van der Waals surface area contributed by atoms with E-state index in [1.807, 2.05) is 4.90 Å². The first-order chi connectivity index (χ1) is 11.8. The molecule has 0 radical (unpaired) electrons. The maximum atomic E-state index is 12.3. The van der Waals surface area contributed by atoms with Crippen molar-refractivity contribution in [3.05, 3.63) is 29.3 Å². The number of ether oxygens (including phenoxy) is 2. The number of piperidine rings is 1. The van der Waals surface area contributed by atoms with E-state index in [2.05, 4.69) is 23.1 Å². The van der Waals surface area contributed by atoms with Crippen LogP contribution in [0.5, 0.6) is 5.75 Å². The summed E-state index contributed by atoms with van der Waals surface area (Å²) in [5, 5.41) is 0. The van der Waals surface area contributed by atoms with Gasteiger partial charge in [0.25, 0.3) is 0 Å². The number of fused-ring (bicyclic) bond motifs is 1. The monoisotopic (exact) mass is 332 g/mol. The second-order valence-electron chi connectivity index (χ2n) is 6.69. The Labute approximate surface area is 144 Å². The molecule has 1 fully saturated rings. The quantitative estimate of drug-likeness (QED) is 0.830. The van der Waals surface area contributed by atoms with Crippen LogP contribution in [0, 0.1) is 0 Å². The molecule has 0 aromatic heterocycles. The van der Waals surface area contributed by atoms with Gasteiger partial charge in [-0.1, -0.05) is 12.5 Å². The number of hydrogen-bond acceptors (Lipinski definition) is 4. The summed E-state index contributed by atoms with van der Waals surface area (Å²) in [4.78, 5) is 16.7. The van der Waals surface area contributed by atoms with Gasteiger partial charge in [-0.2, -0.15) is 0 Å². The molecule has 1 saturated heterocycles. The molecule has 0 N–H and O–H groups in total. The third-order valence-electron chi connectivity index (χ3n) is 4.83. The lowest BCUT2D eigenvalue weighted by Gasteiger charge is -2.26. The van der Waals surface area contributed by atoms with Crippen molar-refractivity contribution in [1.29, 1.82) is 0 Å². The summed E-state index contributed by atoms with van der Waals surface area (Å²) in [6.07, 6.45) is 4.39. The molecule has 5 heteroatoms. The molecule has 5 nitrogen and oxygen atoms in total.